The van der Waals surface area contributed by atoms with Crippen LogP contribution in [0.4, 0.5) is 0 Å². The maximum absolute atomic E-state index is 12.5. The number of hydrogen-bond donors (Lipinski definition) is 1. The van der Waals surface area contributed by atoms with Crippen LogP contribution in [-0.4, -0.2) is 46.3 Å². The van der Waals surface area contributed by atoms with E-state index in [2.05, 4.69) is 5.32 Å². The van der Waals surface area contributed by atoms with E-state index in [1.54, 1.807) is 4.90 Å². The van der Waals surface area contributed by atoms with Crippen LogP contribution in [0, 0.1) is 0 Å². The van der Waals surface area contributed by atoms with Gasteiger partial charge < -0.3 is 5.32 Å². The predicted molar refractivity (Wildman–Crippen MR) is 80.6 cm³/mol. The van der Waals surface area contributed by atoms with Gasteiger partial charge in [0, 0.05) is 17.8 Å². The number of rotatable bonds is 3. The van der Waals surface area contributed by atoms with Gasteiger partial charge in [-0.2, -0.15) is 11.8 Å². The second-order valence-electron chi connectivity index (χ2n) is 6.23. The van der Waals surface area contributed by atoms with Gasteiger partial charge in [-0.05, 0) is 31.4 Å². The molecule has 20 heavy (non-hydrogen) atoms. The molecule has 3 fully saturated rings. The van der Waals surface area contributed by atoms with E-state index in [1.807, 2.05) is 11.8 Å². The van der Waals surface area contributed by atoms with Gasteiger partial charge in [-0.3, -0.25) is 14.5 Å². The van der Waals surface area contributed by atoms with Gasteiger partial charge >= 0.3 is 0 Å². The van der Waals surface area contributed by atoms with Gasteiger partial charge in [0.2, 0.25) is 11.8 Å². The van der Waals surface area contributed by atoms with Crippen LogP contribution in [0.5, 0.6) is 0 Å². The van der Waals surface area contributed by atoms with Crippen LogP contribution >= 0.6 is 11.8 Å². The van der Waals surface area contributed by atoms with Crippen LogP contribution in [0.2, 0.25) is 0 Å². The fraction of sp³-hybridized carbons (Fsp3) is 0.867. The van der Waals surface area contributed by atoms with E-state index < -0.39 is 0 Å². The highest BCUT2D eigenvalue weighted by Gasteiger charge is 2.43. The molecule has 0 aromatic carbocycles. The van der Waals surface area contributed by atoms with Gasteiger partial charge in [-0.1, -0.05) is 19.3 Å². The molecule has 3 aliphatic rings. The van der Waals surface area contributed by atoms with E-state index in [1.165, 1.54) is 18.6 Å². The third-order valence-corrected chi connectivity index (χ3v) is 5.94. The van der Waals surface area contributed by atoms with Crippen LogP contribution in [-0.2, 0) is 9.59 Å². The van der Waals surface area contributed by atoms with Crippen molar-refractivity contribution in [3.05, 3.63) is 0 Å². The number of likely N-dealkylation sites (tertiary alicyclic amines) is 1. The van der Waals surface area contributed by atoms with E-state index in [4.69, 9.17) is 0 Å². The predicted octanol–water partition coefficient (Wildman–Crippen LogP) is 1.93. The topological polar surface area (TPSA) is 49.4 Å². The second-order valence-corrected chi connectivity index (χ2v) is 7.38. The first-order valence-electron chi connectivity index (χ1n) is 7.95. The minimum Gasteiger partial charge on any atom is -0.302 e. The highest BCUT2D eigenvalue weighted by molar-refractivity contribution is 7.99. The van der Waals surface area contributed by atoms with Crippen molar-refractivity contribution in [1.82, 2.24) is 10.2 Å². The van der Waals surface area contributed by atoms with Gasteiger partial charge in [-0.25, -0.2) is 0 Å². The zero-order valence-electron chi connectivity index (χ0n) is 12.0. The van der Waals surface area contributed by atoms with E-state index in [-0.39, 0.29) is 23.9 Å². The van der Waals surface area contributed by atoms with Crippen molar-refractivity contribution in [1.29, 1.82) is 0 Å². The number of nitrogens with one attached hydrogen (secondary N) is 1. The van der Waals surface area contributed by atoms with Gasteiger partial charge in [0.1, 0.15) is 0 Å². The Morgan fingerprint density at radius 3 is 2.55 bits per heavy atom. The molecule has 0 bridgehead atoms. The molecule has 112 valence electrons. The Kier molecular flexibility index (Phi) is 4.66. The number of thioether (sulfide) groups is 1. The minimum absolute atomic E-state index is 0.0393. The lowest BCUT2D eigenvalue weighted by Crippen LogP contribution is -2.48. The Hall–Kier alpha value is -0.550. The van der Waals surface area contributed by atoms with E-state index in [0.717, 1.165) is 37.9 Å². The van der Waals surface area contributed by atoms with Crippen molar-refractivity contribution in [3.8, 4) is 0 Å². The smallest absolute Gasteiger partial charge is 0.247 e. The molecule has 2 amide bonds. The van der Waals surface area contributed by atoms with Crippen LogP contribution < -0.4 is 5.32 Å². The fourth-order valence-corrected chi connectivity index (χ4v) is 4.75. The standard InChI is InChI=1S/C15H24N2O2S/c18-14-9-13(16-11-5-4-8-20-10-11)15(19)17(14)12-6-2-1-3-7-12/h11-13,16H,1-10H2. The summed E-state index contributed by atoms with van der Waals surface area (Å²) in [5, 5.41) is 3.43. The van der Waals surface area contributed by atoms with Crippen LogP contribution in [0.3, 0.4) is 0 Å². The first-order chi connectivity index (χ1) is 9.75. The van der Waals surface area contributed by atoms with Crippen LogP contribution in [0.15, 0.2) is 0 Å². The number of nitrogens with zero attached hydrogens (tertiary/aromatic N) is 1. The summed E-state index contributed by atoms with van der Waals surface area (Å²) in [4.78, 5) is 26.3. The molecule has 5 heteroatoms. The third-order valence-electron chi connectivity index (χ3n) is 4.72. The average Bonchev–Trinajstić information content (AvgIpc) is 2.75. The Morgan fingerprint density at radius 1 is 1.05 bits per heavy atom. The SMILES string of the molecule is O=C1CC(NC2CCCSC2)C(=O)N1C1CCCCC1. The second kappa shape index (κ2) is 6.48. The first kappa shape index (κ1) is 14.4. The molecular formula is C15H24N2O2S. The lowest BCUT2D eigenvalue weighted by atomic mass is 9.94. The van der Waals surface area contributed by atoms with Crippen molar-refractivity contribution in [2.45, 2.75) is 69.5 Å². The quantitative estimate of drug-likeness (QED) is 0.809. The molecule has 4 nitrogen and oxygen atoms in total. The summed E-state index contributed by atoms with van der Waals surface area (Å²) < 4.78 is 0. The van der Waals surface area contributed by atoms with Crippen LogP contribution in [0.1, 0.15) is 51.4 Å². The van der Waals surface area contributed by atoms with Crippen molar-refractivity contribution in [2.75, 3.05) is 11.5 Å². The highest BCUT2D eigenvalue weighted by atomic mass is 32.2. The van der Waals surface area contributed by atoms with Gasteiger partial charge in [-0.15, -0.1) is 0 Å². The number of carbonyl (C=O) groups excluding carboxylic acids is 2. The summed E-state index contributed by atoms with van der Waals surface area (Å²) in [5.41, 5.74) is 0. The normalized spacial score (nSPS) is 32.9. The number of carbonyl (C=O) groups is 2. The zero-order chi connectivity index (χ0) is 13.9. The van der Waals surface area contributed by atoms with Crippen molar-refractivity contribution < 1.29 is 9.59 Å². The molecule has 1 aliphatic carbocycles. The molecule has 1 saturated carbocycles. The lowest BCUT2D eigenvalue weighted by Gasteiger charge is -2.30. The average molecular weight is 296 g/mol. The molecular weight excluding hydrogens is 272 g/mol. The molecule has 3 rings (SSSR count). The van der Waals surface area contributed by atoms with Gasteiger partial charge in [0.05, 0.1) is 12.5 Å². The largest absolute Gasteiger partial charge is 0.302 e. The summed E-state index contributed by atoms with van der Waals surface area (Å²) in [7, 11) is 0. The summed E-state index contributed by atoms with van der Waals surface area (Å²) in [6, 6.07) is 0.325. The maximum atomic E-state index is 12.5. The first-order valence-corrected chi connectivity index (χ1v) is 9.11. The molecule has 0 radical (unpaired) electrons. The number of hydrogen-bond acceptors (Lipinski definition) is 4. The Labute approximate surface area is 125 Å². The van der Waals surface area contributed by atoms with Crippen molar-refractivity contribution in [3.63, 3.8) is 0 Å². The lowest BCUT2D eigenvalue weighted by molar-refractivity contribution is -0.142. The maximum Gasteiger partial charge on any atom is 0.247 e. The van der Waals surface area contributed by atoms with E-state index in [9.17, 15) is 9.59 Å². The monoisotopic (exact) mass is 296 g/mol. The molecule has 0 aromatic heterocycles. The minimum atomic E-state index is -0.256. The third kappa shape index (κ3) is 3.03. The Bertz CT molecular complexity index is 376. The number of amides is 2. The molecule has 2 unspecified atom stereocenters. The van der Waals surface area contributed by atoms with Crippen LogP contribution in [0.25, 0.3) is 0 Å². The fourth-order valence-electron chi connectivity index (χ4n) is 3.66. The van der Waals surface area contributed by atoms with E-state index >= 15 is 0 Å². The summed E-state index contributed by atoms with van der Waals surface area (Å²) >= 11 is 1.94. The van der Waals surface area contributed by atoms with Gasteiger partial charge in [0.15, 0.2) is 0 Å². The summed E-state index contributed by atoms with van der Waals surface area (Å²) in [6.07, 6.45) is 8.27. The number of imide groups is 1. The molecule has 2 atom stereocenters. The molecule has 0 spiro atoms. The molecule has 2 heterocycles. The molecule has 0 aromatic rings. The van der Waals surface area contributed by atoms with E-state index in [0.29, 0.717) is 12.5 Å². The summed E-state index contributed by atoms with van der Waals surface area (Å²) in [5.74, 6) is 2.38. The van der Waals surface area contributed by atoms with Crippen molar-refractivity contribution in [2.24, 2.45) is 0 Å². The molecule has 2 aliphatic heterocycles. The highest BCUT2D eigenvalue weighted by Crippen LogP contribution is 2.28. The zero-order valence-corrected chi connectivity index (χ0v) is 12.8. The van der Waals surface area contributed by atoms with Crippen molar-refractivity contribution >= 4 is 23.6 Å². The molecule has 1 N–H and O–H groups in total. The summed E-state index contributed by atoms with van der Waals surface area (Å²) in [6.45, 7) is 0. The van der Waals surface area contributed by atoms with Gasteiger partial charge in [0.25, 0.3) is 0 Å². The Balaban J connectivity index is 1.60. The Morgan fingerprint density at radius 2 is 1.85 bits per heavy atom. The molecule has 2 saturated heterocycles.